The van der Waals surface area contributed by atoms with Gasteiger partial charge in [-0.2, -0.15) is 11.8 Å². The quantitative estimate of drug-likeness (QED) is 0.823. The molecule has 2 unspecified atom stereocenters. The van der Waals surface area contributed by atoms with Gasteiger partial charge < -0.3 is 5.32 Å². The average molecular weight is 273 g/mol. The third-order valence-electron chi connectivity index (χ3n) is 3.40. The van der Waals surface area contributed by atoms with E-state index in [9.17, 15) is 0 Å². The largest absolute Gasteiger partial charge is 0.307 e. The summed E-state index contributed by atoms with van der Waals surface area (Å²) in [4.78, 5) is 0. The van der Waals surface area contributed by atoms with E-state index in [-0.39, 0.29) is 0 Å². The highest BCUT2D eigenvalue weighted by atomic mass is 32.2. The molecule has 0 aliphatic carbocycles. The standard InChI is InChI=1S/C17H23NS/c1-4-19-12-13(2)18-14(3)16-11-7-9-15-8-5-6-10-17(15)16/h5-11,13-14,18H,4,12H2,1-3H3. The van der Waals surface area contributed by atoms with Gasteiger partial charge in [0.2, 0.25) is 0 Å². The molecule has 2 rings (SSSR count). The summed E-state index contributed by atoms with van der Waals surface area (Å²) >= 11 is 1.99. The first-order chi connectivity index (χ1) is 9.22. The molecule has 1 N–H and O–H groups in total. The second-order valence-electron chi connectivity index (χ2n) is 5.02. The zero-order valence-corrected chi connectivity index (χ0v) is 12.8. The molecule has 2 aromatic rings. The molecule has 0 aliphatic rings. The molecule has 0 radical (unpaired) electrons. The molecule has 0 spiro atoms. The molecule has 2 atom stereocenters. The van der Waals surface area contributed by atoms with E-state index in [2.05, 4.69) is 68.6 Å². The molecule has 0 saturated heterocycles. The maximum absolute atomic E-state index is 3.70. The fourth-order valence-electron chi connectivity index (χ4n) is 2.49. The van der Waals surface area contributed by atoms with Crippen LogP contribution in [0.25, 0.3) is 10.8 Å². The molecule has 0 aromatic heterocycles. The number of rotatable bonds is 6. The maximum Gasteiger partial charge on any atom is 0.0300 e. The van der Waals surface area contributed by atoms with E-state index in [0.717, 1.165) is 0 Å². The maximum atomic E-state index is 3.70. The zero-order chi connectivity index (χ0) is 13.7. The summed E-state index contributed by atoms with van der Waals surface area (Å²) in [5.74, 6) is 2.36. The predicted octanol–water partition coefficient (Wildman–Crippen LogP) is 4.63. The van der Waals surface area contributed by atoms with E-state index in [4.69, 9.17) is 0 Å². The van der Waals surface area contributed by atoms with Crippen molar-refractivity contribution in [2.24, 2.45) is 0 Å². The summed E-state index contributed by atoms with van der Waals surface area (Å²) in [5.41, 5.74) is 1.39. The molecule has 102 valence electrons. The van der Waals surface area contributed by atoms with E-state index in [1.807, 2.05) is 11.8 Å². The van der Waals surface area contributed by atoms with Crippen molar-refractivity contribution in [3.63, 3.8) is 0 Å². The highest BCUT2D eigenvalue weighted by molar-refractivity contribution is 7.99. The number of hydrogen-bond acceptors (Lipinski definition) is 2. The minimum atomic E-state index is 0.388. The SMILES string of the molecule is CCSCC(C)NC(C)c1cccc2ccccc12. The summed E-state index contributed by atoms with van der Waals surface area (Å²) in [7, 11) is 0. The molecule has 2 aromatic carbocycles. The van der Waals surface area contributed by atoms with Crippen LogP contribution >= 0.6 is 11.8 Å². The first kappa shape index (κ1) is 14.4. The highest BCUT2D eigenvalue weighted by Gasteiger charge is 2.11. The molecule has 0 heterocycles. The molecular weight excluding hydrogens is 250 g/mol. The van der Waals surface area contributed by atoms with Crippen molar-refractivity contribution < 1.29 is 0 Å². The van der Waals surface area contributed by atoms with Crippen molar-refractivity contribution >= 4 is 22.5 Å². The Morgan fingerprint density at radius 1 is 1.05 bits per heavy atom. The number of fused-ring (bicyclic) bond motifs is 1. The summed E-state index contributed by atoms with van der Waals surface area (Å²) in [6.07, 6.45) is 0. The molecule has 0 aliphatic heterocycles. The summed E-state index contributed by atoms with van der Waals surface area (Å²) in [6.45, 7) is 6.74. The number of hydrogen-bond donors (Lipinski definition) is 1. The van der Waals surface area contributed by atoms with Gasteiger partial charge in [0.05, 0.1) is 0 Å². The van der Waals surface area contributed by atoms with Crippen molar-refractivity contribution in [1.29, 1.82) is 0 Å². The van der Waals surface area contributed by atoms with Gasteiger partial charge in [-0.15, -0.1) is 0 Å². The number of benzene rings is 2. The lowest BCUT2D eigenvalue weighted by molar-refractivity contribution is 0.514. The van der Waals surface area contributed by atoms with Gasteiger partial charge in [0, 0.05) is 17.8 Å². The normalized spacial score (nSPS) is 14.5. The Kier molecular flexibility index (Phi) is 5.29. The molecular formula is C17H23NS. The van der Waals surface area contributed by atoms with Crippen LogP contribution in [-0.2, 0) is 0 Å². The van der Waals surface area contributed by atoms with Gasteiger partial charge in [0.15, 0.2) is 0 Å². The fraction of sp³-hybridized carbons (Fsp3) is 0.412. The molecule has 0 saturated carbocycles. The predicted molar refractivity (Wildman–Crippen MR) is 88.0 cm³/mol. The second kappa shape index (κ2) is 6.97. The number of thioether (sulfide) groups is 1. The van der Waals surface area contributed by atoms with Crippen LogP contribution in [-0.4, -0.2) is 17.5 Å². The Bertz CT molecular complexity index is 518. The first-order valence-electron chi connectivity index (χ1n) is 7.03. The minimum Gasteiger partial charge on any atom is -0.307 e. The first-order valence-corrected chi connectivity index (χ1v) is 8.19. The van der Waals surface area contributed by atoms with Gasteiger partial charge in [-0.1, -0.05) is 49.4 Å². The summed E-state index contributed by atoms with van der Waals surface area (Å²) in [6, 6.07) is 16.1. The lowest BCUT2D eigenvalue weighted by Gasteiger charge is -2.21. The lowest BCUT2D eigenvalue weighted by Crippen LogP contribution is -2.31. The monoisotopic (exact) mass is 273 g/mol. The Hall–Kier alpha value is -0.990. The minimum absolute atomic E-state index is 0.388. The van der Waals surface area contributed by atoms with Crippen molar-refractivity contribution in [2.45, 2.75) is 32.9 Å². The van der Waals surface area contributed by atoms with Crippen LogP contribution in [0.1, 0.15) is 32.4 Å². The lowest BCUT2D eigenvalue weighted by atomic mass is 9.99. The van der Waals surface area contributed by atoms with E-state index in [1.165, 1.54) is 27.8 Å². The van der Waals surface area contributed by atoms with Crippen molar-refractivity contribution in [1.82, 2.24) is 5.32 Å². The molecule has 0 fully saturated rings. The van der Waals surface area contributed by atoms with E-state index >= 15 is 0 Å². The third kappa shape index (κ3) is 3.74. The third-order valence-corrected chi connectivity index (χ3v) is 4.54. The average Bonchev–Trinajstić information content (AvgIpc) is 2.44. The van der Waals surface area contributed by atoms with Gasteiger partial charge >= 0.3 is 0 Å². The van der Waals surface area contributed by atoms with Crippen LogP contribution in [0.4, 0.5) is 0 Å². The molecule has 1 nitrogen and oxygen atoms in total. The smallest absolute Gasteiger partial charge is 0.0300 e. The summed E-state index contributed by atoms with van der Waals surface area (Å²) < 4.78 is 0. The highest BCUT2D eigenvalue weighted by Crippen LogP contribution is 2.24. The molecule has 2 heteroatoms. The van der Waals surface area contributed by atoms with Gasteiger partial charge in [0.25, 0.3) is 0 Å². The van der Waals surface area contributed by atoms with Crippen molar-refractivity contribution in [3.05, 3.63) is 48.0 Å². The number of nitrogens with one attached hydrogen (secondary N) is 1. The van der Waals surface area contributed by atoms with Gasteiger partial charge in [0.1, 0.15) is 0 Å². The topological polar surface area (TPSA) is 12.0 Å². The van der Waals surface area contributed by atoms with Gasteiger partial charge in [-0.3, -0.25) is 0 Å². The molecule has 0 amide bonds. The van der Waals surface area contributed by atoms with Crippen molar-refractivity contribution in [2.75, 3.05) is 11.5 Å². The summed E-state index contributed by atoms with van der Waals surface area (Å²) in [5, 5.41) is 6.39. The van der Waals surface area contributed by atoms with E-state index in [0.29, 0.717) is 12.1 Å². The van der Waals surface area contributed by atoms with Crippen LogP contribution in [0.5, 0.6) is 0 Å². The fourth-order valence-corrected chi connectivity index (χ4v) is 3.17. The van der Waals surface area contributed by atoms with E-state index in [1.54, 1.807) is 0 Å². The van der Waals surface area contributed by atoms with E-state index < -0.39 is 0 Å². The van der Waals surface area contributed by atoms with Crippen LogP contribution in [0, 0.1) is 0 Å². The Morgan fingerprint density at radius 3 is 2.58 bits per heavy atom. The molecule has 0 bridgehead atoms. The van der Waals surface area contributed by atoms with Crippen molar-refractivity contribution in [3.8, 4) is 0 Å². The Morgan fingerprint density at radius 2 is 1.79 bits per heavy atom. The Balaban J connectivity index is 2.15. The second-order valence-corrected chi connectivity index (χ2v) is 6.34. The van der Waals surface area contributed by atoms with Crippen LogP contribution in [0.2, 0.25) is 0 Å². The van der Waals surface area contributed by atoms with Crippen LogP contribution in [0.3, 0.4) is 0 Å². The molecule has 19 heavy (non-hydrogen) atoms. The van der Waals surface area contributed by atoms with Crippen LogP contribution < -0.4 is 5.32 Å². The van der Waals surface area contributed by atoms with Crippen LogP contribution in [0.15, 0.2) is 42.5 Å². The van der Waals surface area contributed by atoms with Gasteiger partial charge in [-0.25, -0.2) is 0 Å². The Labute approximate surface area is 120 Å². The zero-order valence-electron chi connectivity index (χ0n) is 12.0. The van der Waals surface area contributed by atoms with Gasteiger partial charge in [-0.05, 0) is 35.9 Å².